The molecule has 0 aliphatic carbocycles. The van der Waals surface area contributed by atoms with E-state index in [1.165, 1.54) is 32.9 Å². The Morgan fingerprint density at radius 3 is 1.42 bits per heavy atom. The molecule has 4 heterocycles. The summed E-state index contributed by atoms with van der Waals surface area (Å²) in [5.74, 6) is -1.74. The van der Waals surface area contributed by atoms with E-state index >= 15 is 0 Å². The SMILES string of the molecule is CCC(O)C(C)C1OC1CC(C)/C=C/C=C(\C)C1OC(=O)/C=C\CCC(C)(O)C(OC(C)=O)/C=C/C1C.CCC(OC(C)=O)C(C)C1OC1CC(C)/C=C/C=C(\C)C1OC(=O)/C=C\CCC(C)(O)C(OC(C)=O)/C=C/C1C. The van der Waals surface area contributed by atoms with Gasteiger partial charge in [0.25, 0.3) is 0 Å². The Morgan fingerprint density at radius 2 is 1.05 bits per heavy atom. The number of rotatable bonds is 19. The smallest absolute Gasteiger partial charge is 0.331 e. The van der Waals surface area contributed by atoms with Crippen molar-refractivity contribution in [2.45, 2.75) is 227 Å². The predicted octanol–water partition coefficient (Wildman–Crippen LogP) is 10.2. The molecule has 77 heavy (non-hydrogen) atoms. The van der Waals surface area contributed by atoms with Crippen molar-refractivity contribution >= 4 is 29.8 Å². The summed E-state index contributed by atoms with van der Waals surface area (Å²) in [6.07, 6.45) is 27.2. The lowest BCUT2D eigenvalue weighted by Gasteiger charge is -2.31. The fourth-order valence-electron chi connectivity index (χ4n) is 9.88. The number of aliphatic hydroxyl groups excluding tert-OH is 1. The second kappa shape index (κ2) is 31.6. The lowest BCUT2D eigenvalue weighted by molar-refractivity contribution is -0.156. The maximum Gasteiger partial charge on any atom is 0.331 e. The van der Waals surface area contributed by atoms with Crippen LogP contribution < -0.4 is 0 Å². The predicted molar refractivity (Wildman–Crippen MR) is 297 cm³/mol. The zero-order valence-corrected chi connectivity index (χ0v) is 48.7. The quantitative estimate of drug-likeness (QED) is 0.0360. The molecule has 4 aliphatic heterocycles. The van der Waals surface area contributed by atoms with Crippen LogP contribution in [0.2, 0.25) is 0 Å². The summed E-state index contributed by atoms with van der Waals surface area (Å²) in [6.45, 7) is 27.3. The van der Waals surface area contributed by atoms with Gasteiger partial charge in [0.15, 0.2) is 0 Å². The van der Waals surface area contributed by atoms with Crippen molar-refractivity contribution in [3.05, 3.63) is 96.2 Å². The van der Waals surface area contributed by atoms with Gasteiger partial charge < -0.3 is 48.5 Å². The number of allylic oxidation sites excluding steroid dienone is 8. The summed E-state index contributed by atoms with van der Waals surface area (Å²) in [5, 5.41) is 31.9. The summed E-state index contributed by atoms with van der Waals surface area (Å²) in [7, 11) is 0. The van der Waals surface area contributed by atoms with Crippen molar-refractivity contribution in [3.63, 3.8) is 0 Å². The fourth-order valence-corrected chi connectivity index (χ4v) is 9.88. The molecule has 3 N–H and O–H groups in total. The highest BCUT2D eigenvalue weighted by Gasteiger charge is 2.47. The molecule has 0 aromatic heterocycles. The lowest BCUT2D eigenvalue weighted by atomic mass is 9.90. The van der Waals surface area contributed by atoms with Gasteiger partial charge in [0.05, 0.1) is 30.5 Å². The minimum Gasteiger partial charge on any atom is -0.462 e. The van der Waals surface area contributed by atoms with Gasteiger partial charge in [-0.05, 0) is 114 Å². The second-order valence-corrected chi connectivity index (χ2v) is 22.4. The van der Waals surface area contributed by atoms with E-state index in [9.17, 15) is 39.3 Å². The van der Waals surface area contributed by atoms with Gasteiger partial charge in [0.2, 0.25) is 0 Å². The van der Waals surface area contributed by atoms with Crippen LogP contribution in [0.25, 0.3) is 0 Å². The third-order valence-corrected chi connectivity index (χ3v) is 14.9. The highest BCUT2D eigenvalue weighted by atomic mass is 16.6. The number of hydrogen-bond donors (Lipinski definition) is 3. The van der Waals surface area contributed by atoms with Crippen molar-refractivity contribution in [2.24, 2.45) is 35.5 Å². The molecule has 15 nitrogen and oxygen atoms in total. The number of esters is 5. The first kappa shape index (κ1) is 66.4. The Bertz CT molecular complexity index is 2180. The molecule has 15 heteroatoms. The summed E-state index contributed by atoms with van der Waals surface area (Å²) in [5.41, 5.74) is -0.827. The van der Waals surface area contributed by atoms with E-state index in [2.05, 4.69) is 32.9 Å². The van der Waals surface area contributed by atoms with Crippen LogP contribution in [0.15, 0.2) is 96.2 Å². The third-order valence-electron chi connectivity index (χ3n) is 14.9. The average Bonchev–Trinajstić information content (AvgIpc) is 4.29. The molecule has 4 aliphatic rings. The van der Waals surface area contributed by atoms with Gasteiger partial charge in [-0.25, -0.2) is 9.59 Å². The number of carbonyl (C=O) groups is 5. The molecule has 0 aromatic carbocycles. The van der Waals surface area contributed by atoms with Gasteiger partial charge >= 0.3 is 29.8 Å². The van der Waals surface area contributed by atoms with E-state index < -0.39 is 59.5 Å². The minimum absolute atomic E-state index is 0.0883. The number of epoxide rings is 2. The van der Waals surface area contributed by atoms with Crippen molar-refractivity contribution in [1.29, 1.82) is 0 Å². The van der Waals surface area contributed by atoms with Gasteiger partial charge in [0.1, 0.15) is 41.7 Å². The maximum atomic E-state index is 12.5. The lowest BCUT2D eigenvalue weighted by Crippen LogP contribution is -2.41. The van der Waals surface area contributed by atoms with Crippen LogP contribution in [0.4, 0.5) is 0 Å². The fraction of sp³-hybridized carbons (Fsp3) is 0.661. The van der Waals surface area contributed by atoms with E-state index in [0.717, 1.165) is 36.8 Å². The molecule has 0 saturated carbocycles. The number of hydrogen-bond acceptors (Lipinski definition) is 15. The number of ether oxygens (including phenoxy) is 7. The standard InChI is InChI=1S/C32H48O8.C30H46O7/c1-9-26(37-24(6)33)23(5)31-27(39-31)19-20(2)13-12-14-21(3)30-22(4)16-17-28(38-25(7)34)32(8,36)18-11-10-15-29(35)40-30;1-8-24(32)22(5)29-25(36-29)18-19(2)12-11-13-20(3)28-21(4)15-16-26(35-23(6)31)30(7,34)17-10-9-14-27(33)37-28/h10,12-17,20,22-23,26-28,30-31,36H,9,11,18-19H2,1-8H3;9,11-16,19,21-22,24-26,28-29,32,34H,8,10,17-18H2,1-7H3/b13-12+,15-10-,17-16+,21-14+;12-11+,14-9-,16-15+,20-13+. The van der Waals surface area contributed by atoms with Gasteiger partial charge in [-0.15, -0.1) is 0 Å². The molecule has 18 unspecified atom stereocenters. The van der Waals surface area contributed by atoms with Gasteiger partial charge in [0, 0.05) is 56.6 Å². The second-order valence-electron chi connectivity index (χ2n) is 22.4. The normalized spacial score (nSPS) is 34.4. The van der Waals surface area contributed by atoms with E-state index in [1.807, 2.05) is 84.9 Å². The molecule has 2 fully saturated rings. The molecule has 0 spiro atoms. The van der Waals surface area contributed by atoms with Crippen LogP contribution in [-0.4, -0.2) is 117 Å². The maximum absolute atomic E-state index is 12.5. The summed E-state index contributed by atoms with van der Waals surface area (Å²) in [6, 6.07) is 0. The molecule has 18 atom stereocenters. The molecule has 0 aromatic rings. The van der Waals surface area contributed by atoms with Crippen LogP contribution in [0, 0.1) is 35.5 Å². The highest BCUT2D eigenvalue weighted by Crippen LogP contribution is 2.38. The van der Waals surface area contributed by atoms with E-state index in [-0.39, 0.29) is 78.1 Å². The van der Waals surface area contributed by atoms with Gasteiger partial charge in [-0.3, -0.25) is 14.4 Å². The Morgan fingerprint density at radius 1 is 0.649 bits per heavy atom. The van der Waals surface area contributed by atoms with Crippen LogP contribution in [0.5, 0.6) is 0 Å². The van der Waals surface area contributed by atoms with E-state index in [0.29, 0.717) is 25.7 Å². The molecular weight excluding hydrogens is 985 g/mol. The van der Waals surface area contributed by atoms with E-state index in [1.54, 1.807) is 38.2 Å². The largest absolute Gasteiger partial charge is 0.462 e. The molecule has 432 valence electrons. The molecule has 2 saturated heterocycles. The molecule has 0 amide bonds. The van der Waals surface area contributed by atoms with E-state index in [4.69, 9.17) is 33.2 Å². The first-order valence-corrected chi connectivity index (χ1v) is 27.9. The van der Waals surface area contributed by atoms with Crippen LogP contribution in [0.1, 0.15) is 155 Å². The van der Waals surface area contributed by atoms with Crippen LogP contribution in [0.3, 0.4) is 0 Å². The molecule has 0 bridgehead atoms. The van der Waals surface area contributed by atoms with Crippen LogP contribution in [-0.2, 0) is 57.1 Å². The monoisotopic (exact) mass is 1080 g/mol. The minimum atomic E-state index is -1.28. The first-order valence-electron chi connectivity index (χ1n) is 27.9. The topological polar surface area (TPSA) is 217 Å². The summed E-state index contributed by atoms with van der Waals surface area (Å²) in [4.78, 5) is 59.6. The Labute approximate surface area is 459 Å². The Hall–Kier alpha value is -4.93. The van der Waals surface area contributed by atoms with Crippen LogP contribution >= 0.6 is 0 Å². The third kappa shape index (κ3) is 23.1. The summed E-state index contributed by atoms with van der Waals surface area (Å²) >= 11 is 0. The van der Waals surface area contributed by atoms with Gasteiger partial charge in [-0.2, -0.15) is 0 Å². The number of carbonyl (C=O) groups excluding carboxylic acids is 5. The number of aliphatic hydroxyl groups is 3. The van der Waals surface area contributed by atoms with Gasteiger partial charge in [-0.1, -0.05) is 116 Å². The zero-order valence-electron chi connectivity index (χ0n) is 48.7. The Kier molecular flexibility index (Phi) is 27.2. The van der Waals surface area contributed by atoms with Crippen molar-refractivity contribution in [1.82, 2.24) is 0 Å². The molecular formula is C62H94O15. The number of cyclic esters (lactones) is 2. The van der Waals surface area contributed by atoms with Crippen molar-refractivity contribution < 1.29 is 72.5 Å². The summed E-state index contributed by atoms with van der Waals surface area (Å²) < 4.78 is 39.5. The molecule has 4 rings (SSSR count). The zero-order chi connectivity index (χ0) is 57.8. The Balaban J connectivity index is 0.000000406. The van der Waals surface area contributed by atoms with Crippen molar-refractivity contribution in [3.8, 4) is 0 Å². The van der Waals surface area contributed by atoms with Crippen molar-refractivity contribution in [2.75, 3.05) is 0 Å². The molecule has 0 radical (unpaired) electrons. The average molecular weight is 1080 g/mol. The highest BCUT2D eigenvalue weighted by molar-refractivity contribution is 5.82. The first-order chi connectivity index (χ1) is 36.1.